The van der Waals surface area contributed by atoms with Gasteiger partial charge in [0.25, 0.3) is 5.91 Å². The Hall–Kier alpha value is -1.59. The summed E-state index contributed by atoms with van der Waals surface area (Å²) in [5, 5.41) is 3.45. The van der Waals surface area contributed by atoms with Crippen LogP contribution in [0.2, 0.25) is 0 Å². The molecule has 1 N–H and O–H groups in total. The number of para-hydroxylation sites is 1. The molecule has 0 bridgehead atoms. The average molecular weight is 366 g/mol. The minimum atomic E-state index is 0. The van der Waals surface area contributed by atoms with Gasteiger partial charge >= 0.3 is 0 Å². The van der Waals surface area contributed by atoms with Crippen molar-refractivity contribution in [3.8, 4) is 0 Å². The minimum absolute atomic E-state index is 0. The van der Waals surface area contributed by atoms with E-state index in [4.69, 9.17) is 0 Å². The lowest BCUT2D eigenvalue weighted by Crippen LogP contribution is -2.44. The van der Waals surface area contributed by atoms with Crippen LogP contribution in [0.4, 0.5) is 5.69 Å². The number of amides is 2. The smallest absolute Gasteiger partial charge is 0.255 e. The van der Waals surface area contributed by atoms with Crippen LogP contribution < -0.4 is 10.2 Å². The summed E-state index contributed by atoms with van der Waals surface area (Å²) >= 11 is 0. The van der Waals surface area contributed by atoms with Gasteiger partial charge in [0.05, 0.1) is 11.3 Å². The Labute approximate surface area is 156 Å². The molecule has 2 saturated heterocycles. The van der Waals surface area contributed by atoms with Crippen molar-refractivity contribution in [1.82, 2.24) is 10.2 Å². The first-order chi connectivity index (χ1) is 11.6. The normalized spacial score (nSPS) is 18.7. The number of hydrogen-bond donors (Lipinski definition) is 1. The lowest BCUT2D eigenvalue weighted by atomic mass is 9.78. The van der Waals surface area contributed by atoms with Crippen LogP contribution in [0.5, 0.6) is 0 Å². The average Bonchev–Trinajstić information content (AvgIpc) is 3.08. The summed E-state index contributed by atoms with van der Waals surface area (Å²) < 4.78 is 0. The van der Waals surface area contributed by atoms with Crippen molar-refractivity contribution in [2.45, 2.75) is 32.6 Å². The third-order valence-electron chi connectivity index (χ3n) is 5.62. The van der Waals surface area contributed by atoms with Crippen molar-refractivity contribution >= 4 is 29.9 Å². The molecule has 5 nitrogen and oxygen atoms in total. The topological polar surface area (TPSA) is 52.7 Å². The summed E-state index contributed by atoms with van der Waals surface area (Å²) in [7, 11) is 1.74. The first-order valence-corrected chi connectivity index (χ1v) is 8.92. The van der Waals surface area contributed by atoms with Gasteiger partial charge in [0.1, 0.15) is 0 Å². The highest BCUT2D eigenvalue weighted by Crippen LogP contribution is 2.37. The molecule has 0 radical (unpaired) electrons. The molecular weight excluding hydrogens is 338 g/mol. The van der Waals surface area contributed by atoms with Gasteiger partial charge in [-0.05, 0) is 43.4 Å². The number of benzene rings is 1. The number of nitrogens with one attached hydrogen (secondary N) is 1. The van der Waals surface area contributed by atoms with Gasteiger partial charge in [-0.1, -0.05) is 19.1 Å². The van der Waals surface area contributed by atoms with E-state index >= 15 is 0 Å². The summed E-state index contributed by atoms with van der Waals surface area (Å²) in [6.45, 7) is 5.63. The van der Waals surface area contributed by atoms with Gasteiger partial charge in [-0.15, -0.1) is 12.4 Å². The summed E-state index contributed by atoms with van der Waals surface area (Å²) in [5.74, 6) is 0.0621. The van der Waals surface area contributed by atoms with Crippen LogP contribution in [0.15, 0.2) is 24.3 Å². The SMILES string of the molecule is CCC(=O)N(C)c1ccccc1C(=O)N1CCC2(CCNC2)CC1.Cl. The molecule has 25 heavy (non-hydrogen) atoms. The van der Waals surface area contributed by atoms with Crippen molar-refractivity contribution in [2.75, 3.05) is 38.1 Å². The number of hydrogen-bond acceptors (Lipinski definition) is 3. The highest BCUT2D eigenvalue weighted by Gasteiger charge is 2.38. The number of carbonyl (C=O) groups is 2. The molecule has 0 aromatic heterocycles. The molecule has 2 fully saturated rings. The van der Waals surface area contributed by atoms with Crippen LogP contribution in [0.3, 0.4) is 0 Å². The van der Waals surface area contributed by atoms with Crippen LogP contribution in [-0.4, -0.2) is 49.9 Å². The molecule has 138 valence electrons. The molecule has 2 aliphatic rings. The van der Waals surface area contributed by atoms with Gasteiger partial charge in [0.15, 0.2) is 0 Å². The molecule has 2 aliphatic heterocycles. The van der Waals surface area contributed by atoms with Crippen LogP contribution in [0, 0.1) is 5.41 Å². The van der Waals surface area contributed by atoms with Crippen LogP contribution in [-0.2, 0) is 4.79 Å². The van der Waals surface area contributed by atoms with Crippen molar-refractivity contribution in [3.05, 3.63) is 29.8 Å². The Bertz CT molecular complexity index is 619. The third-order valence-corrected chi connectivity index (χ3v) is 5.62. The van der Waals surface area contributed by atoms with Gasteiger partial charge in [0, 0.05) is 33.1 Å². The highest BCUT2D eigenvalue weighted by atomic mass is 35.5. The van der Waals surface area contributed by atoms with E-state index in [1.165, 1.54) is 6.42 Å². The van der Waals surface area contributed by atoms with E-state index in [1.54, 1.807) is 11.9 Å². The molecule has 2 heterocycles. The molecular formula is C19H28ClN3O2. The van der Waals surface area contributed by atoms with Gasteiger partial charge in [-0.25, -0.2) is 0 Å². The predicted molar refractivity (Wildman–Crippen MR) is 102 cm³/mol. The Morgan fingerprint density at radius 3 is 2.48 bits per heavy atom. The van der Waals surface area contributed by atoms with E-state index in [-0.39, 0.29) is 24.2 Å². The second-order valence-corrected chi connectivity index (χ2v) is 7.04. The fourth-order valence-corrected chi connectivity index (χ4v) is 3.90. The molecule has 1 spiro atoms. The number of piperidine rings is 1. The van der Waals surface area contributed by atoms with Crippen molar-refractivity contribution in [2.24, 2.45) is 5.41 Å². The third kappa shape index (κ3) is 3.98. The zero-order valence-corrected chi connectivity index (χ0v) is 15.9. The second kappa shape index (κ2) is 8.19. The lowest BCUT2D eigenvalue weighted by Gasteiger charge is -2.39. The maximum Gasteiger partial charge on any atom is 0.255 e. The maximum atomic E-state index is 13.0. The summed E-state index contributed by atoms with van der Waals surface area (Å²) in [5.41, 5.74) is 1.73. The van der Waals surface area contributed by atoms with Crippen LogP contribution >= 0.6 is 12.4 Å². The Kier molecular flexibility index (Phi) is 6.47. The van der Waals surface area contributed by atoms with Gasteiger partial charge in [-0.2, -0.15) is 0 Å². The molecule has 0 aliphatic carbocycles. The van der Waals surface area contributed by atoms with E-state index in [9.17, 15) is 9.59 Å². The Balaban J connectivity index is 0.00000225. The van der Waals surface area contributed by atoms with Crippen molar-refractivity contribution < 1.29 is 9.59 Å². The maximum absolute atomic E-state index is 13.0. The number of rotatable bonds is 3. The zero-order valence-electron chi connectivity index (χ0n) is 15.1. The molecule has 0 atom stereocenters. The van der Waals surface area contributed by atoms with Gasteiger partial charge in [0.2, 0.25) is 5.91 Å². The molecule has 3 rings (SSSR count). The van der Waals surface area contributed by atoms with Crippen molar-refractivity contribution in [3.63, 3.8) is 0 Å². The number of anilines is 1. The quantitative estimate of drug-likeness (QED) is 0.896. The molecule has 0 unspecified atom stereocenters. The first-order valence-electron chi connectivity index (χ1n) is 8.92. The fraction of sp³-hybridized carbons (Fsp3) is 0.579. The van der Waals surface area contributed by atoms with Gasteiger partial charge < -0.3 is 15.1 Å². The van der Waals surface area contributed by atoms with E-state index in [2.05, 4.69) is 5.32 Å². The summed E-state index contributed by atoms with van der Waals surface area (Å²) in [6.07, 6.45) is 3.78. The predicted octanol–water partition coefficient (Wildman–Crippen LogP) is 2.70. The summed E-state index contributed by atoms with van der Waals surface area (Å²) in [4.78, 5) is 28.6. The van der Waals surface area contributed by atoms with E-state index in [0.717, 1.165) is 39.0 Å². The van der Waals surface area contributed by atoms with E-state index < -0.39 is 0 Å². The van der Waals surface area contributed by atoms with Gasteiger partial charge in [-0.3, -0.25) is 9.59 Å². The number of carbonyl (C=O) groups excluding carboxylic acids is 2. The number of likely N-dealkylation sites (tertiary alicyclic amines) is 1. The standard InChI is InChI=1S/C19H27N3O2.ClH/c1-3-17(23)21(2)16-7-5-4-6-15(16)18(24)22-12-9-19(10-13-22)8-11-20-14-19;/h4-7,20H,3,8-14H2,1-2H3;1H. The monoisotopic (exact) mass is 365 g/mol. The highest BCUT2D eigenvalue weighted by molar-refractivity contribution is 6.04. The van der Waals surface area contributed by atoms with Crippen molar-refractivity contribution in [1.29, 1.82) is 0 Å². The first kappa shape index (κ1) is 19.7. The lowest BCUT2D eigenvalue weighted by molar-refractivity contribution is -0.118. The van der Waals surface area contributed by atoms with E-state index in [0.29, 0.717) is 23.1 Å². The second-order valence-electron chi connectivity index (χ2n) is 7.04. The molecule has 6 heteroatoms. The van der Waals surface area contributed by atoms with Crippen LogP contribution in [0.1, 0.15) is 43.0 Å². The molecule has 1 aromatic carbocycles. The fourth-order valence-electron chi connectivity index (χ4n) is 3.90. The minimum Gasteiger partial charge on any atom is -0.339 e. The zero-order chi connectivity index (χ0) is 17.2. The molecule has 1 aromatic rings. The van der Waals surface area contributed by atoms with Crippen LogP contribution in [0.25, 0.3) is 0 Å². The number of nitrogens with zero attached hydrogens (tertiary/aromatic N) is 2. The largest absolute Gasteiger partial charge is 0.339 e. The summed E-state index contributed by atoms with van der Waals surface area (Å²) in [6, 6.07) is 7.43. The Morgan fingerprint density at radius 1 is 1.20 bits per heavy atom. The number of halogens is 1. The molecule has 2 amide bonds. The Morgan fingerprint density at radius 2 is 1.88 bits per heavy atom. The molecule has 0 saturated carbocycles. The van der Waals surface area contributed by atoms with E-state index in [1.807, 2.05) is 36.1 Å².